The molecule has 0 saturated heterocycles. The lowest BCUT2D eigenvalue weighted by Crippen LogP contribution is -2.32. The van der Waals surface area contributed by atoms with Gasteiger partial charge in [0.2, 0.25) is 6.33 Å². The fourth-order valence-corrected chi connectivity index (χ4v) is 5.79. The maximum atomic E-state index is 6.63. The van der Waals surface area contributed by atoms with Crippen LogP contribution in [-0.2, 0) is 19.6 Å². The molecule has 40 heavy (non-hydrogen) atoms. The summed E-state index contributed by atoms with van der Waals surface area (Å²) in [5.74, 6) is 0.615. The summed E-state index contributed by atoms with van der Waals surface area (Å²) in [5, 5.41) is 3.53. The Kier molecular flexibility index (Phi) is 9.53. The Hall–Kier alpha value is -2.37. The molecule has 1 heterocycles. The van der Waals surface area contributed by atoms with Crippen molar-refractivity contribution in [3.63, 3.8) is 0 Å². The third kappa shape index (κ3) is 7.09. The highest BCUT2D eigenvalue weighted by molar-refractivity contribution is 6.36. The Balaban J connectivity index is 1.37. The zero-order valence-corrected chi connectivity index (χ0v) is 25.5. The minimum atomic E-state index is -0.0575. The number of hydrogen-bond donors (Lipinski definition) is 0. The van der Waals surface area contributed by atoms with Crippen LogP contribution in [0.3, 0.4) is 0 Å². The Morgan fingerprint density at radius 2 is 1.27 bits per heavy atom. The van der Waals surface area contributed by atoms with Gasteiger partial charge in [0, 0.05) is 58.8 Å². The number of hydrogen-bond acceptors (Lipinski definition) is 1. The van der Waals surface area contributed by atoms with E-state index >= 15 is 0 Å². The minimum absolute atomic E-state index is 0.0575. The summed E-state index contributed by atoms with van der Waals surface area (Å²) in [6.07, 6.45) is 6.79. The number of ether oxygens (including phenoxy) is 1. The Morgan fingerprint density at radius 3 is 1.90 bits per heavy atom. The fraction of sp³-hybridized carbons (Fsp3) is 0.129. The zero-order valence-electron chi connectivity index (χ0n) is 21.0. The highest BCUT2D eigenvalue weighted by Gasteiger charge is 2.22. The Bertz CT molecular complexity index is 1570. The standard InChI is InChI=1S/C31H23Cl6N2O/c32-23-6-1-20(2-7-23)31(21-3-8-24(33)9-4-21)39-14-13-38(19-39)12-11-27-29(37)16-26(35)17-30(27)40-18-22-5-10-25(34)15-28(22)36/h1-10,13-17,19,31H,11-12,18H2/q+1. The van der Waals surface area contributed by atoms with E-state index in [2.05, 4.69) is 21.7 Å². The van der Waals surface area contributed by atoms with Crippen molar-refractivity contribution in [3.05, 3.63) is 150 Å². The Labute approximate surface area is 263 Å². The molecule has 0 aliphatic carbocycles. The molecule has 0 N–H and O–H groups in total. The number of nitrogens with zero attached hydrogens (tertiary/aromatic N) is 2. The monoisotopic (exact) mass is 649 g/mol. The van der Waals surface area contributed by atoms with E-state index in [1.165, 1.54) is 0 Å². The lowest BCUT2D eigenvalue weighted by atomic mass is 9.98. The molecule has 0 amide bonds. The molecule has 0 aliphatic heterocycles. The fourth-order valence-electron chi connectivity index (χ4n) is 4.51. The molecule has 9 heteroatoms. The predicted octanol–water partition coefficient (Wildman–Crippen LogP) is 10.2. The number of benzene rings is 4. The number of aryl methyl sites for hydroxylation is 1. The van der Waals surface area contributed by atoms with Crippen molar-refractivity contribution in [2.45, 2.75) is 25.6 Å². The van der Waals surface area contributed by atoms with Crippen LogP contribution < -0.4 is 9.30 Å². The van der Waals surface area contributed by atoms with Crippen LogP contribution in [0, 0.1) is 0 Å². The van der Waals surface area contributed by atoms with Gasteiger partial charge in [-0.2, -0.15) is 0 Å². The molecule has 5 rings (SSSR count). The van der Waals surface area contributed by atoms with E-state index < -0.39 is 0 Å². The van der Waals surface area contributed by atoms with E-state index in [0.29, 0.717) is 48.9 Å². The highest BCUT2D eigenvalue weighted by Crippen LogP contribution is 2.33. The van der Waals surface area contributed by atoms with Crippen LogP contribution in [0.5, 0.6) is 5.75 Å². The molecule has 0 aliphatic rings. The van der Waals surface area contributed by atoms with E-state index in [0.717, 1.165) is 22.3 Å². The van der Waals surface area contributed by atoms with Gasteiger partial charge < -0.3 is 4.74 Å². The van der Waals surface area contributed by atoms with Gasteiger partial charge in [0.15, 0.2) is 6.04 Å². The van der Waals surface area contributed by atoms with Gasteiger partial charge in [-0.05, 0) is 48.5 Å². The second kappa shape index (κ2) is 13.1. The summed E-state index contributed by atoms with van der Waals surface area (Å²) in [4.78, 5) is 0. The van der Waals surface area contributed by atoms with E-state index in [4.69, 9.17) is 74.3 Å². The summed E-state index contributed by atoms with van der Waals surface area (Å²) in [6.45, 7) is 0.924. The van der Waals surface area contributed by atoms with Gasteiger partial charge in [-0.15, -0.1) is 0 Å². The van der Waals surface area contributed by atoms with Crippen molar-refractivity contribution in [1.82, 2.24) is 4.57 Å². The number of aromatic nitrogens is 2. The molecule has 0 spiro atoms. The average Bonchev–Trinajstić information content (AvgIpc) is 3.38. The molecule has 204 valence electrons. The summed E-state index contributed by atoms with van der Waals surface area (Å²) in [7, 11) is 0. The molecule has 0 saturated carbocycles. The normalized spacial score (nSPS) is 11.3. The summed E-state index contributed by atoms with van der Waals surface area (Å²) in [6, 6.07) is 24.5. The number of rotatable bonds is 9. The van der Waals surface area contributed by atoms with Gasteiger partial charge in [-0.3, -0.25) is 0 Å². The lowest BCUT2D eigenvalue weighted by molar-refractivity contribution is -0.696. The molecule has 0 atom stereocenters. The van der Waals surface area contributed by atoms with Crippen LogP contribution in [0.2, 0.25) is 30.1 Å². The van der Waals surface area contributed by atoms with Crippen LogP contribution in [0.15, 0.2) is 97.6 Å². The van der Waals surface area contributed by atoms with Crippen molar-refractivity contribution >= 4 is 69.6 Å². The molecular formula is C31H23Cl6N2O+. The van der Waals surface area contributed by atoms with Gasteiger partial charge >= 0.3 is 0 Å². The first-order valence-electron chi connectivity index (χ1n) is 12.4. The predicted molar refractivity (Wildman–Crippen MR) is 166 cm³/mol. The van der Waals surface area contributed by atoms with Crippen molar-refractivity contribution in [2.75, 3.05) is 0 Å². The van der Waals surface area contributed by atoms with Crippen LogP contribution in [0.1, 0.15) is 28.3 Å². The van der Waals surface area contributed by atoms with Crippen molar-refractivity contribution < 1.29 is 9.30 Å². The molecule has 0 radical (unpaired) electrons. The third-order valence-electron chi connectivity index (χ3n) is 6.52. The molecular weight excluding hydrogens is 629 g/mol. The van der Waals surface area contributed by atoms with E-state index in [9.17, 15) is 0 Å². The maximum Gasteiger partial charge on any atom is 0.244 e. The van der Waals surface area contributed by atoms with Gasteiger partial charge in [0.25, 0.3) is 0 Å². The maximum absolute atomic E-state index is 6.63. The first kappa shape index (κ1) is 29.1. The van der Waals surface area contributed by atoms with Gasteiger partial charge in [0.1, 0.15) is 24.8 Å². The highest BCUT2D eigenvalue weighted by atomic mass is 35.5. The lowest BCUT2D eigenvalue weighted by Gasteiger charge is -2.15. The molecule has 5 aromatic rings. The van der Waals surface area contributed by atoms with Gasteiger partial charge in [0.05, 0.1) is 6.54 Å². The third-order valence-corrected chi connectivity index (χ3v) is 8.17. The SMILES string of the molecule is Clc1ccc(C(c2ccc(Cl)cc2)n2cc[n+](CCc3c(Cl)cc(Cl)cc3OCc3ccc(Cl)cc3Cl)c2)cc1. The van der Waals surface area contributed by atoms with Crippen molar-refractivity contribution in [1.29, 1.82) is 0 Å². The van der Waals surface area contributed by atoms with Crippen LogP contribution in [0.25, 0.3) is 0 Å². The van der Waals surface area contributed by atoms with Crippen LogP contribution in [0.4, 0.5) is 0 Å². The molecule has 0 unspecified atom stereocenters. The van der Waals surface area contributed by atoms with Gasteiger partial charge in [-0.1, -0.05) is 99.9 Å². The number of imidazole rings is 1. The van der Waals surface area contributed by atoms with Crippen LogP contribution >= 0.6 is 69.6 Å². The van der Waals surface area contributed by atoms with E-state index in [1.807, 2.05) is 60.8 Å². The van der Waals surface area contributed by atoms with Crippen molar-refractivity contribution in [2.24, 2.45) is 0 Å². The molecule has 3 nitrogen and oxygen atoms in total. The Morgan fingerprint density at radius 1 is 0.675 bits per heavy atom. The summed E-state index contributed by atoms with van der Waals surface area (Å²) in [5.41, 5.74) is 3.89. The molecule has 4 aromatic carbocycles. The first-order valence-corrected chi connectivity index (χ1v) is 14.7. The zero-order chi connectivity index (χ0) is 28.2. The van der Waals surface area contributed by atoms with E-state index in [1.54, 1.807) is 24.3 Å². The van der Waals surface area contributed by atoms with Gasteiger partial charge in [-0.25, -0.2) is 9.13 Å². The van der Waals surface area contributed by atoms with Crippen LogP contribution in [-0.4, -0.2) is 4.57 Å². The second-order valence-electron chi connectivity index (χ2n) is 9.24. The van der Waals surface area contributed by atoms with Crippen molar-refractivity contribution in [3.8, 4) is 5.75 Å². The quantitative estimate of drug-likeness (QED) is 0.145. The minimum Gasteiger partial charge on any atom is -0.488 e. The molecule has 0 fully saturated rings. The largest absolute Gasteiger partial charge is 0.488 e. The topological polar surface area (TPSA) is 18.0 Å². The first-order chi connectivity index (χ1) is 19.3. The smallest absolute Gasteiger partial charge is 0.244 e. The molecule has 1 aromatic heterocycles. The van der Waals surface area contributed by atoms with E-state index in [-0.39, 0.29) is 12.6 Å². The molecule has 0 bridgehead atoms. The number of halogens is 6. The summed E-state index contributed by atoms with van der Waals surface area (Å²) >= 11 is 37.6. The average molecular weight is 652 g/mol. The summed E-state index contributed by atoms with van der Waals surface area (Å²) < 4.78 is 10.4. The second-order valence-corrected chi connectivity index (χ2v) is 11.8.